The molecule has 0 saturated heterocycles. The molecule has 1 aliphatic rings. The van der Waals surface area contributed by atoms with Gasteiger partial charge in [-0.3, -0.25) is 0 Å². The van der Waals surface area contributed by atoms with E-state index in [0.29, 0.717) is 17.4 Å². The summed E-state index contributed by atoms with van der Waals surface area (Å²) in [4.78, 5) is 8.79. The van der Waals surface area contributed by atoms with E-state index in [9.17, 15) is 0 Å². The maximum atomic E-state index is 6.20. The van der Waals surface area contributed by atoms with Gasteiger partial charge in [0, 0.05) is 17.5 Å². The third-order valence-corrected chi connectivity index (χ3v) is 4.59. The SMILES string of the molecule is CC(Nc1ncnc2cc(OCC3CC3)c(N)cc12)c1ccccc1. The normalized spacial score (nSPS) is 15.1. The Kier molecular flexibility index (Phi) is 4.14. The molecule has 1 fully saturated rings. The Balaban J connectivity index is 1.61. The van der Waals surface area contributed by atoms with E-state index in [-0.39, 0.29) is 6.04 Å². The molecular formula is C20H22N4O. The van der Waals surface area contributed by atoms with Crippen LogP contribution in [0.4, 0.5) is 11.5 Å². The Morgan fingerprint density at radius 3 is 2.76 bits per heavy atom. The Morgan fingerprint density at radius 2 is 2.00 bits per heavy atom. The van der Waals surface area contributed by atoms with E-state index in [0.717, 1.165) is 23.3 Å². The van der Waals surface area contributed by atoms with Crippen molar-refractivity contribution < 1.29 is 4.74 Å². The molecule has 25 heavy (non-hydrogen) atoms. The third kappa shape index (κ3) is 3.50. The minimum absolute atomic E-state index is 0.131. The van der Waals surface area contributed by atoms with E-state index in [1.165, 1.54) is 18.4 Å². The number of nitrogens with two attached hydrogens (primary N) is 1. The number of hydrogen-bond donors (Lipinski definition) is 2. The molecule has 3 N–H and O–H groups in total. The first-order valence-corrected chi connectivity index (χ1v) is 8.69. The molecule has 0 spiro atoms. The summed E-state index contributed by atoms with van der Waals surface area (Å²) in [5.74, 6) is 2.17. The van der Waals surface area contributed by atoms with Gasteiger partial charge in [0.25, 0.3) is 0 Å². The highest BCUT2D eigenvalue weighted by atomic mass is 16.5. The first-order chi connectivity index (χ1) is 12.2. The molecule has 0 bridgehead atoms. The first-order valence-electron chi connectivity index (χ1n) is 8.69. The monoisotopic (exact) mass is 334 g/mol. The van der Waals surface area contributed by atoms with Gasteiger partial charge >= 0.3 is 0 Å². The second-order valence-electron chi connectivity index (χ2n) is 6.66. The zero-order chi connectivity index (χ0) is 17.2. The molecule has 2 aromatic carbocycles. The average Bonchev–Trinajstić information content (AvgIpc) is 3.46. The van der Waals surface area contributed by atoms with Crippen LogP contribution in [0.2, 0.25) is 0 Å². The lowest BCUT2D eigenvalue weighted by Gasteiger charge is -2.17. The average molecular weight is 334 g/mol. The lowest BCUT2D eigenvalue weighted by molar-refractivity contribution is 0.301. The molecule has 1 unspecified atom stereocenters. The molecule has 5 nitrogen and oxygen atoms in total. The number of ether oxygens (including phenoxy) is 1. The van der Waals surface area contributed by atoms with E-state index in [1.54, 1.807) is 6.33 Å². The van der Waals surface area contributed by atoms with Crippen LogP contribution in [0.25, 0.3) is 10.9 Å². The Morgan fingerprint density at radius 1 is 1.20 bits per heavy atom. The van der Waals surface area contributed by atoms with Gasteiger partial charge in [0.2, 0.25) is 0 Å². The standard InChI is InChI=1S/C20H22N4O/c1-13(15-5-3-2-4-6-15)24-20-16-9-17(21)19(25-11-14-7-8-14)10-18(16)22-12-23-20/h2-6,9-10,12-14H,7-8,11,21H2,1H3,(H,22,23,24). The van der Waals surface area contributed by atoms with Crippen molar-refractivity contribution in [1.82, 2.24) is 9.97 Å². The minimum atomic E-state index is 0.131. The number of nitrogen functional groups attached to an aromatic ring is 1. The highest BCUT2D eigenvalue weighted by Gasteiger charge is 2.22. The molecule has 1 saturated carbocycles. The zero-order valence-corrected chi connectivity index (χ0v) is 14.3. The number of rotatable bonds is 6. The topological polar surface area (TPSA) is 73.1 Å². The predicted octanol–water partition coefficient (Wildman–Crippen LogP) is 4.17. The summed E-state index contributed by atoms with van der Waals surface area (Å²) in [5.41, 5.74) is 8.85. The van der Waals surface area contributed by atoms with Gasteiger partial charge in [0.05, 0.1) is 17.8 Å². The number of fused-ring (bicyclic) bond motifs is 1. The van der Waals surface area contributed by atoms with Gasteiger partial charge in [0.1, 0.15) is 17.9 Å². The van der Waals surface area contributed by atoms with Gasteiger partial charge < -0.3 is 15.8 Å². The van der Waals surface area contributed by atoms with Crippen LogP contribution in [0.1, 0.15) is 31.4 Å². The molecular weight excluding hydrogens is 312 g/mol. The fraction of sp³-hybridized carbons (Fsp3) is 0.300. The predicted molar refractivity (Wildman–Crippen MR) is 101 cm³/mol. The largest absolute Gasteiger partial charge is 0.491 e. The van der Waals surface area contributed by atoms with Crippen LogP contribution < -0.4 is 15.8 Å². The van der Waals surface area contributed by atoms with Crippen LogP contribution in [-0.2, 0) is 0 Å². The van der Waals surface area contributed by atoms with Crippen molar-refractivity contribution in [3.05, 3.63) is 54.4 Å². The molecule has 1 atom stereocenters. The van der Waals surface area contributed by atoms with Gasteiger partial charge in [-0.25, -0.2) is 9.97 Å². The molecule has 1 heterocycles. The number of nitrogens with zero attached hydrogens (tertiary/aromatic N) is 2. The van der Waals surface area contributed by atoms with Gasteiger partial charge in [-0.2, -0.15) is 0 Å². The zero-order valence-electron chi connectivity index (χ0n) is 14.3. The van der Waals surface area contributed by atoms with Gasteiger partial charge in [0.15, 0.2) is 0 Å². The van der Waals surface area contributed by atoms with Crippen LogP contribution in [0.3, 0.4) is 0 Å². The summed E-state index contributed by atoms with van der Waals surface area (Å²) in [6.07, 6.45) is 4.07. The molecule has 4 rings (SSSR count). The number of hydrogen-bond acceptors (Lipinski definition) is 5. The van der Waals surface area contributed by atoms with Crippen molar-refractivity contribution in [2.75, 3.05) is 17.7 Å². The van der Waals surface area contributed by atoms with E-state index in [2.05, 4.69) is 34.3 Å². The molecule has 0 aliphatic heterocycles. The molecule has 128 valence electrons. The van der Waals surface area contributed by atoms with Gasteiger partial charge in [-0.15, -0.1) is 0 Å². The Labute approximate surface area is 147 Å². The van der Waals surface area contributed by atoms with Gasteiger partial charge in [-0.05, 0) is 37.3 Å². The highest BCUT2D eigenvalue weighted by Crippen LogP contribution is 2.34. The second-order valence-corrected chi connectivity index (χ2v) is 6.66. The quantitative estimate of drug-likeness (QED) is 0.662. The molecule has 5 heteroatoms. The maximum Gasteiger partial charge on any atom is 0.144 e. The Bertz CT molecular complexity index is 878. The fourth-order valence-electron chi connectivity index (χ4n) is 2.86. The fourth-order valence-corrected chi connectivity index (χ4v) is 2.86. The molecule has 3 aromatic rings. The summed E-state index contributed by atoms with van der Waals surface area (Å²) in [6, 6.07) is 14.2. The summed E-state index contributed by atoms with van der Waals surface area (Å²) in [5, 5.41) is 4.36. The minimum Gasteiger partial charge on any atom is -0.491 e. The molecule has 0 amide bonds. The van der Waals surface area contributed by atoms with Crippen molar-refractivity contribution in [1.29, 1.82) is 0 Å². The van der Waals surface area contributed by atoms with Crippen molar-refractivity contribution in [3.8, 4) is 5.75 Å². The van der Waals surface area contributed by atoms with E-state index in [4.69, 9.17) is 10.5 Å². The Hall–Kier alpha value is -2.82. The number of nitrogens with one attached hydrogen (secondary N) is 1. The molecule has 1 aromatic heterocycles. The second kappa shape index (κ2) is 6.59. The van der Waals surface area contributed by atoms with E-state index in [1.807, 2.05) is 30.3 Å². The number of anilines is 2. The summed E-state index contributed by atoms with van der Waals surface area (Å²) in [6.45, 7) is 2.84. The van der Waals surface area contributed by atoms with Crippen LogP contribution in [0, 0.1) is 5.92 Å². The van der Waals surface area contributed by atoms with Crippen molar-refractivity contribution in [2.24, 2.45) is 5.92 Å². The van der Waals surface area contributed by atoms with Crippen LogP contribution in [-0.4, -0.2) is 16.6 Å². The van der Waals surface area contributed by atoms with Crippen LogP contribution in [0.15, 0.2) is 48.8 Å². The summed E-state index contributed by atoms with van der Waals surface area (Å²) >= 11 is 0. The first kappa shape index (κ1) is 15.7. The van der Waals surface area contributed by atoms with Crippen molar-refractivity contribution in [2.45, 2.75) is 25.8 Å². The molecule has 1 aliphatic carbocycles. The van der Waals surface area contributed by atoms with E-state index >= 15 is 0 Å². The third-order valence-electron chi connectivity index (χ3n) is 4.59. The lowest BCUT2D eigenvalue weighted by Crippen LogP contribution is -2.09. The van der Waals surface area contributed by atoms with E-state index < -0.39 is 0 Å². The van der Waals surface area contributed by atoms with Crippen molar-refractivity contribution in [3.63, 3.8) is 0 Å². The molecule has 0 radical (unpaired) electrons. The summed E-state index contributed by atoms with van der Waals surface area (Å²) in [7, 11) is 0. The summed E-state index contributed by atoms with van der Waals surface area (Å²) < 4.78 is 5.85. The number of benzene rings is 2. The van der Waals surface area contributed by atoms with Crippen molar-refractivity contribution >= 4 is 22.4 Å². The van der Waals surface area contributed by atoms with Crippen LogP contribution in [0.5, 0.6) is 5.75 Å². The van der Waals surface area contributed by atoms with Gasteiger partial charge in [-0.1, -0.05) is 30.3 Å². The lowest BCUT2D eigenvalue weighted by atomic mass is 10.1. The smallest absolute Gasteiger partial charge is 0.144 e. The number of aromatic nitrogens is 2. The van der Waals surface area contributed by atoms with Crippen LogP contribution >= 0.6 is 0 Å². The maximum absolute atomic E-state index is 6.20. The highest BCUT2D eigenvalue weighted by molar-refractivity contribution is 5.93.